The molecule has 0 aliphatic heterocycles. The van der Waals surface area contributed by atoms with Crippen LogP contribution in [0.1, 0.15) is 0 Å². The molecule has 21 heavy (non-hydrogen) atoms. The van der Waals surface area contributed by atoms with Gasteiger partial charge >= 0.3 is 0 Å². The third-order valence-electron chi connectivity index (χ3n) is 2.66. The number of ether oxygens (including phenoxy) is 1. The molecule has 0 fully saturated rings. The Morgan fingerprint density at radius 2 is 2.14 bits per heavy atom. The number of benzene rings is 1. The molecule has 0 atom stereocenters. The molecule has 1 aromatic rings. The van der Waals surface area contributed by atoms with Crippen LogP contribution in [0.5, 0.6) is 0 Å². The molecule has 1 rings (SSSR count). The van der Waals surface area contributed by atoms with Gasteiger partial charge in [0.1, 0.15) is 10.7 Å². The summed E-state index contributed by atoms with van der Waals surface area (Å²) in [6.07, 6.45) is 0. The number of amides is 1. The van der Waals surface area contributed by atoms with Gasteiger partial charge in [-0.2, -0.15) is 4.31 Å². The van der Waals surface area contributed by atoms with E-state index < -0.39 is 28.3 Å². The molecule has 0 saturated heterocycles. The van der Waals surface area contributed by atoms with Crippen molar-refractivity contribution < 1.29 is 22.3 Å². The first kappa shape index (κ1) is 17.3. The molecular weight excluding hydrogens is 301 g/mol. The highest BCUT2D eigenvalue weighted by atomic mass is 32.2. The van der Waals surface area contributed by atoms with Crippen LogP contribution >= 0.6 is 0 Å². The van der Waals surface area contributed by atoms with Crippen LogP contribution in [0.3, 0.4) is 0 Å². The number of carbonyl (C=O) groups excluding carboxylic acids is 1. The Balaban J connectivity index is 2.82. The number of carbonyl (C=O) groups is 1. The first-order valence-electron chi connectivity index (χ1n) is 6.06. The van der Waals surface area contributed by atoms with E-state index in [9.17, 15) is 17.6 Å². The van der Waals surface area contributed by atoms with E-state index >= 15 is 0 Å². The van der Waals surface area contributed by atoms with Crippen LogP contribution in [-0.2, 0) is 19.6 Å². The van der Waals surface area contributed by atoms with E-state index in [2.05, 4.69) is 5.32 Å². The predicted octanol–water partition coefficient (Wildman–Crippen LogP) is -0.209. The van der Waals surface area contributed by atoms with Gasteiger partial charge in [0, 0.05) is 20.7 Å². The number of methoxy groups -OCH3 is 1. The van der Waals surface area contributed by atoms with Crippen LogP contribution in [0.2, 0.25) is 0 Å². The third-order valence-corrected chi connectivity index (χ3v) is 4.52. The van der Waals surface area contributed by atoms with Crippen LogP contribution in [0.4, 0.5) is 10.1 Å². The van der Waals surface area contributed by atoms with Crippen molar-refractivity contribution in [2.24, 2.45) is 0 Å². The molecular formula is C12H18FN3O4S. The normalized spacial score (nSPS) is 11.6. The zero-order valence-corrected chi connectivity index (χ0v) is 12.6. The Morgan fingerprint density at radius 1 is 1.48 bits per heavy atom. The molecule has 0 radical (unpaired) electrons. The van der Waals surface area contributed by atoms with E-state index in [1.54, 1.807) is 0 Å². The first-order chi connectivity index (χ1) is 9.78. The monoisotopic (exact) mass is 319 g/mol. The third kappa shape index (κ3) is 4.66. The van der Waals surface area contributed by atoms with Crippen LogP contribution in [-0.4, -0.2) is 52.5 Å². The van der Waals surface area contributed by atoms with E-state index in [0.29, 0.717) is 6.61 Å². The minimum absolute atomic E-state index is 0.0805. The molecule has 9 heteroatoms. The number of halogens is 1. The summed E-state index contributed by atoms with van der Waals surface area (Å²) < 4.78 is 43.2. The Labute approximate surface area is 122 Å². The SMILES string of the molecule is COCCNC(=O)CN(C)S(=O)(=O)c1cc(F)ccc1N. The van der Waals surface area contributed by atoms with Gasteiger partial charge in [-0.1, -0.05) is 0 Å². The van der Waals surface area contributed by atoms with Gasteiger partial charge in [-0.05, 0) is 18.2 Å². The molecule has 0 aromatic heterocycles. The van der Waals surface area contributed by atoms with Gasteiger partial charge < -0.3 is 15.8 Å². The number of nitrogens with one attached hydrogen (secondary N) is 1. The van der Waals surface area contributed by atoms with Crippen LogP contribution in [0.25, 0.3) is 0 Å². The van der Waals surface area contributed by atoms with Crippen molar-refractivity contribution in [1.82, 2.24) is 9.62 Å². The smallest absolute Gasteiger partial charge is 0.245 e. The number of sulfonamides is 1. The maximum absolute atomic E-state index is 13.2. The molecule has 7 nitrogen and oxygen atoms in total. The van der Waals surface area contributed by atoms with E-state index in [1.165, 1.54) is 14.2 Å². The molecule has 0 saturated carbocycles. The summed E-state index contributed by atoms with van der Waals surface area (Å²) in [5, 5.41) is 2.49. The molecule has 0 unspecified atom stereocenters. The van der Waals surface area contributed by atoms with Crippen molar-refractivity contribution in [2.75, 3.05) is 39.6 Å². The number of likely N-dealkylation sites (N-methyl/N-ethyl adjacent to an activating group) is 1. The summed E-state index contributed by atoms with van der Waals surface area (Å²) in [6.45, 7) is 0.187. The second-order valence-corrected chi connectivity index (χ2v) is 6.30. The van der Waals surface area contributed by atoms with Gasteiger partial charge in [-0.3, -0.25) is 4.79 Å². The lowest BCUT2D eigenvalue weighted by Gasteiger charge is -2.18. The average molecular weight is 319 g/mol. The standard InChI is InChI=1S/C12H18FN3O4S/c1-16(8-12(17)15-5-6-20-2)21(18,19)11-7-9(13)3-4-10(11)14/h3-4,7H,5-6,8,14H2,1-2H3,(H,15,17). The van der Waals surface area contributed by atoms with Gasteiger partial charge in [-0.15, -0.1) is 0 Å². The second kappa shape index (κ2) is 7.34. The molecule has 3 N–H and O–H groups in total. The molecule has 0 aliphatic carbocycles. The number of rotatable bonds is 7. The van der Waals surface area contributed by atoms with E-state index in [0.717, 1.165) is 22.5 Å². The van der Waals surface area contributed by atoms with Crippen molar-refractivity contribution in [1.29, 1.82) is 0 Å². The fraction of sp³-hybridized carbons (Fsp3) is 0.417. The quantitative estimate of drug-likeness (QED) is 0.535. The molecule has 118 valence electrons. The van der Waals surface area contributed by atoms with E-state index in [-0.39, 0.29) is 17.1 Å². The summed E-state index contributed by atoms with van der Waals surface area (Å²) in [6, 6.07) is 3.05. The Hall–Kier alpha value is -1.71. The number of hydrogen-bond acceptors (Lipinski definition) is 5. The highest BCUT2D eigenvalue weighted by molar-refractivity contribution is 7.89. The maximum Gasteiger partial charge on any atom is 0.245 e. The van der Waals surface area contributed by atoms with Gasteiger partial charge in [0.15, 0.2) is 0 Å². The fourth-order valence-electron chi connectivity index (χ4n) is 1.54. The number of hydrogen-bond donors (Lipinski definition) is 2. The Kier molecular flexibility index (Phi) is 6.06. The minimum atomic E-state index is -4.04. The highest BCUT2D eigenvalue weighted by Gasteiger charge is 2.25. The lowest BCUT2D eigenvalue weighted by Crippen LogP contribution is -2.39. The fourth-order valence-corrected chi connectivity index (χ4v) is 2.79. The maximum atomic E-state index is 13.2. The van der Waals surface area contributed by atoms with Gasteiger partial charge in [0.2, 0.25) is 15.9 Å². The summed E-state index contributed by atoms with van der Waals surface area (Å²) in [7, 11) is -1.34. The number of nitrogens with zero attached hydrogens (tertiary/aromatic N) is 1. The lowest BCUT2D eigenvalue weighted by molar-refractivity contribution is -0.121. The highest BCUT2D eigenvalue weighted by Crippen LogP contribution is 2.22. The predicted molar refractivity (Wildman–Crippen MR) is 75.5 cm³/mol. The van der Waals surface area contributed by atoms with Crippen LogP contribution in [0.15, 0.2) is 23.1 Å². The molecule has 0 bridgehead atoms. The van der Waals surface area contributed by atoms with E-state index in [4.69, 9.17) is 10.5 Å². The van der Waals surface area contributed by atoms with Crippen molar-refractivity contribution >= 4 is 21.6 Å². The topological polar surface area (TPSA) is 102 Å². The van der Waals surface area contributed by atoms with Gasteiger partial charge in [0.05, 0.1) is 18.8 Å². The van der Waals surface area contributed by atoms with Crippen molar-refractivity contribution in [3.05, 3.63) is 24.0 Å². The summed E-state index contributed by atoms with van der Waals surface area (Å²) >= 11 is 0. The van der Waals surface area contributed by atoms with Crippen molar-refractivity contribution in [2.45, 2.75) is 4.90 Å². The molecule has 0 heterocycles. The molecule has 1 aromatic carbocycles. The van der Waals surface area contributed by atoms with Crippen LogP contribution < -0.4 is 11.1 Å². The number of nitrogen functional groups attached to an aromatic ring is 1. The van der Waals surface area contributed by atoms with E-state index in [1.807, 2.05) is 0 Å². The lowest BCUT2D eigenvalue weighted by atomic mass is 10.3. The summed E-state index contributed by atoms with van der Waals surface area (Å²) in [5.41, 5.74) is 5.47. The largest absolute Gasteiger partial charge is 0.398 e. The number of nitrogens with two attached hydrogens (primary N) is 1. The summed E-state index contributed by atoms with van der Waals surface area (Å²) in [5.74, 6) is -1.21. The minimum Gasteiger partial charge on any atom is -0.398 e. The Bertz CT molecular complexity index is 607. The molecule has 0 spiro atoms. The zero-order chi connectivity index (χ0) is 16.0. The molecule has 1 amide bonds. The first-order valence-corrected chi connectivity index (χ1v) is 7.50. The van der Waals surface area contributed by atoms with Crippen molar-refractivity contribution in [3.63, 3.8) is 0 Å². The summed E-state index contributed by atoms with van der Waals surface area (Å²) in [4.78, 5) is 11.2. The average Bonchev–Trinajstić information content (AvgIpc) is 2.41. The van der Waals surface area contributed by atoms with Crippen molar-refractivity contribution in [3.8, 4) is 0 Å². The zero-order valence-electron chi connectivity index (χ0n) is 11.8. The second-order valence-electron chi connectivity index (χ2n) is 4.29. The Morgan fingerprint density at radius 3 is 2.76 bits per heavy atom. The van der Waals surface area contributed by atoms with Gasteiger partial charge in [-0.25, -0.2) is 12.8 Å². The van der Waals surface area contributed by atoms with Crippen LogP contribution in [0, 0.1) is 5.82 Å². The number of anilines is 1. The molecule has 0 aliphatic rings. The van der Waals surface area contributed by atoms with Gasteiger partial charge in [0.25, 0.3) is 0 Å².